The fourth-order valence-corrected chi connectivity index (χ4v) is 2.45. The van der Waals surface area contributed by atoms with E-state index in [2.05, 4.69) is 31.7 Å². The van der Waals surface area contributed by atoms with Crippen molar-refractivity contribution in [3.63, 3.8) is 0 Å². The summed E-state index contributed by atoms with van der Waals surface area (Å²) in [6.07, 6.45) is 0. The van der Waals surface area contributed by atoms with Crippen LogP contribution in [0.1, 0.15) is 0 Å². The van der Waals surface area contributed by atoms with Crippen molar-refractivity contribution >= 4 is 38.3 Å². The lowest BCUT2D eigenvalue weighted by Gasteiger charge is -2.07. The van der Waals surface area contributed by atoms with E-state index in [1.54, 1.807) is 5.01 Å². The third-order valence-corrected chi connectivity index (χ3v) is 3.33. The van der Waals surface area contributed by atoms with Crippen LogP contribution in [0.15, 0.2) is 9.98 Å². The van der Waals surface area contributed by atoms with Gasteiger partial charge in [-0.15, -0.1) is 11.3 Å². The quantitative estimate of drug-likeness (QED) is 0.834. The molecule has 1 aliphatic heterocycles. The molecule has 1 amide bonds. The second-order valence-corrected chi connectivity index (χ2v) is 4.70. The number of anilines is 1. The van der Waals surface area contributed by atoms with Gasteiger partial charge in [-0.2, -0.15) is 0 Å². The minimum Gasteiger partial charge on any atom is -0.348 e. The standard InChI is InChI=1S/C7H9BrN4OS/c1-12-2-4(6(13)11-12)9-7-10-5(8)3-14-7/h3-4H,2H2,1H3,(H,9,10)(H,11,13). The van der Waals surface area contributed by atoms with Crippen LogP contribution >= 0.6 is 27.3 Å². The van der Waals surface area contributed by atoms with Gasteiger partial charge in [-0.05, 0) is 15.9 Å². The van der Waals surface area contributed by atoms with Crippen LogP contribution in [0.2, 0.25) is 0 Å². The molecule has 76 valence electrons. The van der Waals surface area contributed by atoms with E-state index in [9.17, 15) is 4.79 Å². The van der Waals surface area contributed by atoms with Crippen molar-refractivity contribution in [3.05, 3.63) is 9.98 Å². The molecule has 7 heteroatoms. The number of thiazole rings is 1. The van der Waals surface area contributed by atoms with E-state index in [1.807, 2.05) is 12.4 Å². The molecule has 2 rings (SSSR count). The SMILES string of the molecule is CN1CC(Nc2nc(Br)cs2)C(=O)N1. The highest BCUT2D eigenvalue weighted by atomic mass is 79.9. The molecule has 0 aliphatic carbocycles. The molecule has 2 heterocycles. The largest absolute Gasteiger partial charge is 0.348 e. The normalized spacial score (nSPS) is 22.4. The molecular formula is C7H9BrN4OS. The molecular weight excluding hydrogens is 268 g/mol. The Kier molecular flexibility index (Phi) is 2.71. The first-order valence-electron chi connectivity index (χ1n) is 4.04. The molecule has 1 fully saturated rings. The summed E-state index contributed by atoms with van der Waals surface area (Å²) in [5.74, 6) is -0.0150. The van der Waals surface area contributed by atoms with Gasteiger partial charge in [-0.1, -0.05) is 0 Å². The molecule has 1 saturated heterocycles. The van der Waals surface area contributed by atoms with Gasteiger partial charge in [0, 0.05) is 19.0 Å². The number of carbonyl (C=O) groups is 1. The Balaban J connectivity index is 2.01. The molecule has 1 aromatic heterocycles. The van der Waals surface area contributed by atoms with Gasteiger partial charge in [-0.25, -0.2) is 9.99 Å². The zero-order valence-electron chi connectivity index (χ0n) is 7.45. The van der Waals surface area contributed by atoms with E-state index in [0.29, 0.717) is 6.54 Å². The average molecular weight is 277 g/mol. The van der Waals surface area contributed by atoms with Gasteiger partial charge in [-0.3, -0.25) is 10.2 Å². The maximum Gasteiger partial charge on any atom is 0.258 e. The van der Waals surface area contributed by atoms with Crippen molar-refractivity contribution in [2.75, 3.05) is 18.9 Å². The van der Waals surface area contributed by atoms with Gasteiger partial charge in [0.05, 0.1) is 0 Å². The Morgan fingerprint density at radius 3 is 3.14 bits per heavy atom. The molecule has 0 spiro atoms. The first kappa shape index (κ1) is 9.88. The molecule has 5 nitrogen and oxygen atoms in total. The highest BCUT2D eigenvalue weighted by Crippen LogP contribution is 2.20. The monoisotopic (exact) mass is 276 g/mol. The fourth-order valence-electron chi connectivity index (χ4n) is 1.25. The number of hydrogen-bond acceptors (Lipinski definition) is 5. The summed E-state index contributed by atoms with van der Waals surface area (Å²) in [6.45, 7) is 0.649. The number of nitrogens with one attached hydrogen (secondary N) is 2. The zero-order chi connectivity index (χ0) is 10.1. The van der Waals surface area contributed by atoms with Crippen LogP contribution < -0.4 is 10.7 Å². The van der Waals surface area contributed by atoms with E-state index >= 15 is 0 Å². The van der Waals surface area contributed by atoms with E-state index in [0.717, 1.165) is 9.73 Å². The van der Waals surface area contributed by atoms with Crippen LogP contribution in [0.5, 0.6) is 0 Å². The molecule has 0 saturated carbocycles. The van der Waals surface area contributed by atoms with Crippen LogP contribution in [0, 0.1) is 0 Å². The summed E-state index contributed by atoms with van der Waals surface area (Å²) in [5.41, 5.74) is 2.69. The van der Waals surface area contributed by atoms with Gasteiger partial charge < -0.3 is 5.32 Å². The Bertz CT molecular complexity index is 355. The highest BCUT2D eigenvalue weighted by molar-refractivity contribution is 9.10. The number of likely N-dealkylation sites (N-methyl/N-ethyl adjacent to an activating group) is 1. The molecule has 1 aromatic rings. The molecule has 1 unspecified atom stereocenters. The van der Waals surface area contributed by atoms with Crippen molar-refractivity contribution < 1.29 is 4.79 Å². The lowest BCUT2D eigenvalue weighted by atomic mass is 10.3. The van der Waals surface area contributed by atoms with Gasteiger partial charge >= 0.3 is 0 Å². The van der Waals surface area contributed by atoms with Crippen LogP contribution in [0.25, 0.3) is 0 Å². The molecule has 14 heavy (non-hydrogen) atoms. The predicted molar refractivity (Wildman–Crippen MR) is 58.0 cm³/mol. The molecule has 1 aliphatic rings. The third kappa shape index (κ3) is 2.05. The molecule has 0 bridgehead atoms. The van der Waals surface area contributed by atoms with Gasteiger partial charge in [0.2, 0.25) is 0 Å². The van der Waals surface area contributed by atoms with Gasteiger partial charge in [0.15, 0.2) is 5.13 Å². The highest BCUT2D eigenvalue weighted by Gasteiger charge is 2.28. The van der Waals surface area contributed by atoms with Crippen LogP contribution in [0.4, 0.5) is 5.13 Å². The van der Waals surface area contributed by atoms with Crippen molar-refractivity contribution in [2.45, 2.75) is 6.04 Å². The second kappa shape index (κ2) is 3.84. The van der Waals surface area contributed by atoms with Crippen LogP contribution in [-0.4, -0.2) is 35.5 Å². The summed E-state index contributed by atoms with van der Waals surface area (Å²) in [4.78, 5) is 15.5. The van der Waals surface area contributed by atoms with E-state index < -0.39 is 0 Å². The Labute approximate surface area is 93.6 Å². The molecule has 1 atom stereocenters. The van der Waals surface area contributed by atoms with Crippen molar-refractivity contribution in [2.24, 2.45) is 0 Å². The Hall–Kier alpha value is -0.660. The summed E-state index contributed by atoms with van der Waals surface area (Å²) in [7, 11) is 1.83. The number of hydrazine groups is 1. The Morgan fingerprint density at radius 1 is 1.86 bits per heavy atom. The lowest BCUT2D eigenvalue weighted by Crippen LogP contribution is -2.31. The minimum atomic E-state index is -0.210. The number of rotatable bonds is 2. The van der Waals surface area contributed by atoms with E-state index in [1.165, 1.54) is 11.3 Å². The number of carbonyl (C=O) groups excluding carboxylic acids is 1. The predicted octanol–water partition coefficient (Wildman–Crippen LogP) is 0.663. The summed E-state index contributed by atoms with van der Waals surface area (Å²) in [5, 5.41) is 7.45. The summed E-state index contributed by atoms with van der Waals surface area (Å²) >= 11 is 4.73. The number of hydrogen-bond donors (Lipinski definition) is 2. The van der Waals surface area contributed by atoms with Crippen molar-refractivity contribution in [1.29, 1.82) is 0 Å². The van der Waals surface area contributed by atoms with Gasteiger partial charge in [0.25, 0.3) is 5.91 Å². The fraction of sp³-hybridized carbons (Fsp3) is 0.429. The number of halogens is 1. The number of amides is 1. The second-order valence-electron chi connectivity index (χ2n) is 3.03. The van der Waals surface area contributed by atoms with E-state index in [4.69, 9.17) is 0 Å². The minimum absolute atomic E-state index is 0.0150. The van der Waals surface area contributed by atoms with Crippen LogP contribution in [0.3, 0.4) is 0 Å². The molecule has 0 radical (unpaired) electrons. The molecule has 2 N–H and O–H groups in total. The maximum atomic E-state index is 11.3. The third-order valence-electron chi connectivity index (χ3n) is 1.85. The topological polar surface area (TPSA) is 57.3 Å². The zero-order valence-corrected chi connectivity index (χ0v) is 9.85. The maximum absolute atomic E-state index is 11.3. The lowest BCUT2D eigenvalue weighted by molar-refractivity contribution is -0.121. The van der Waals surface area contributed by atoms with Gasteiger partial charge in [0.1, 0.15) is 10.6 Å². The first-order chi connectivity index (χ1) is 6.65. The van der Waals surface area contributed by atoms with Crippen molar-refractivity contribution in [3.8, 4) is 0 Å². The average Bonchev–Trinajstić information content (AvgIpc) is 2.61. The first-order valence-corrected chi connectivity index (χ1v) is 5.71. The number of aromatic nitrogens is 1. The summed E-state index contributed by atoms with van der Waals surface area (Å²) in [6, 6.07) is -0.210. The molecule has 0 aromatic carbocycles. The smallest absolute Gasteiger partial charge is 0.258 e. The van der Waals surface area contributed by atoms with E-state index in [-0.39, 0.29) is 11.9 Å². The Morgan fingerprint density at radius 2 is 2.64 bits per heavy atom. The number of nitrogens with zero attached hydrogens (tertiary/aromatic N) is 2. The van der Waals surface area contributed by atoms with Crippen molar-refractivity contribution in [1.82, 2.24) is 15.4 Å². The van der Waals surface area contributed by atoms with Crippen LogP contribution in [-0.2, 0) is 4.79 Å². The summed E-state index contributed by atoms with van der Waals surface area (Å²) < 4.78 is 0.789.